The van der Waals surface area contributed by atoms with Gasteiger partial charge in [-0.2, -0.15) is 0 Å². The average molecular weight is 544 g/mol. The van der Waals surface area contributed by atoms with Crippen LogP contribution >= 0.6 is 22.9 Å². The summed E-state index contributed by atoms with van der Waals surface area (Å²) >= 11 is 2.49. The van der Waals surface area contributed by atoms with Crippen LogP contribution in [0.15, 0.2) is 47.8 Å². The van der Waals surface area contributed by atoms with E-state index in [0.717, 1.165) is 28.6 Å². The average Bonchev–Trinajstić information content (AvgIpc) is 3.52. The van der Waals surface area contributed by atoms with Crippen molar-refractivity contribution in [2.75, 3.05) is 6.54 Å². The van der Waals surface area contributed by atoms with E-state index in [1.807, 2.05) is 19.1 Å². The van der Waals surface area contributed by atoms with Gasteiger partial charge < -0.3 is 15.7 Å². The maximum atomic E-state index is 13.8. The number of aryl methyl sites for hydroxylation is 2. The predicted octanol–water partition coefficient (Wildman–Crippen LogP) is 4.30. The molecule has 0 aliphatic rings. The molecule has 0 aliphatic carbocycles. The largest absolute Gasteiger partial charge is 0.390 e. The highest BCUT2D eigenvalue weighted by Crippen LogP contribution is 2.28. The number of amides is 1. The van der Waals surface area contributed by atoms with E-state index < -0.39 is 29.7 Å². The van der Waals surface area contributed by atoms with E-state index in [0.29, 0.717) is 17.1 Å². The minimum Gasteiger partial charge on any atom is -0.390 e. The second kappa shape index (κ2) is 12.4. The Morgan fingerprint density at radius 2 is 1.86 bits per heavy atom. The number of aromatic nitrogens is 3. The molecule has 3 N–H and O–H groups in total. The molecule has 194 valence electrons. The van der Waals surface area contributed by atoms with E-state index in [1.165, 1.54) is 40.6 Å². The molecular weight excluding hydrogens is 516 g/mol. The van der Waals surface area contributed by atoms with E-state index in [4.69, 9.17) is 0 Å². The van der Waals surface area contributed by atoms with E-state index in [1.54, 1.807) is 5.38 Å². The van der Waals surface area contributed by atoms with Crippen LogP contribution in [-0.4, -0.2) is 44.3 Å². The van der Waals surface area contributed by atoms with Gasteiger partial charge in [0, 0.05) is 24.5 Å². The van der Waals surface area contributed by atoms with Crippen molar-refractivity contribution in [2.45, 2.75) is 45.4 Å². The van der Waals surface area contributed by atoms with Gasteiger partial charge in [0.2, 0.25) is 0 Å². The van der Waals surface area contributed by atoms with Crippen LogP contribution in [0.5, 0.6) is 0 Å². The van der Waals surface area contributed by atoms with Crippen LogP contribution in [0, 0.1) is 18.6 Å². The van der Waals surface area contributed by atoms with Gasteiger partial charge in [0.15, 0.2) is 0 Å². The molecule has 0 unspecified atom stereocenters. The highest BCUT2D eigenvalue weighted by molar-refractivity contribution is 7.18. The molecule has 0 aliphatic heterocycles. The third kappa shape index (κ3) is 7.22. The smallest absolute Gasteiger partial charge is 0.271 e. The quantitative estimate of drug-likeness (QED) is 0.261. The molecule has 2 aromatic heterocycles. The zero-order valence-electron chi connectivity index (χ0n) is 20.4. The van der Waals surface area contributed by atoms with Crippen LogP contribution < -0.4 is 10.6 Å². The first-order valence-electron chi connectivity index (χ1n) is 11.8. The Bertz CT molecular complexity index is 1340. The molecule has 4 aromatic rings. The Labute approximate surface area is 221 Å². The van der Waals surface area contributed by atoms with Gasteiger partial charge in [-0.25, -0.2) is 13.8 Å². The minimum absolute atomic E-state index is 0.0312. The lowest BCUT2D eigenvalue weighted by molar-refractivity contribution is 0.0826. The number of hydrogen-bond donors (Lipinski definition) is 3. The summed E-state index contributed by atoms with van der Waals surface area (Å²) < 4.78 is 31.5. The molecule has 4 rings (SSSR count). The highest BCUT2D eigenvalue weighted by atomic mass is 32.1. The number of hydrogen-bond acceptors (Lipinski definition) is 8. The summed E-state index contributed by atoms with van der Waals surface area (Å²) in [7, 11) is 0. The molecular formula is C26H27F2N5O2S2. The van der Waals surface area contributed by atoms with Crippen LogP contribution in [-0.2, 0) is 19.4 Å². The molecule has 37 heavy (non-hydrogen) atoms. The first kappa shape index (κ1) is 26.9. The molecule has 0 saturated carbocycles. The molecule has 0 bridgehead atoms. The molecule has 2 aromatic carbocycles. The van der Waals surface area contributed by atoms with Crippen LogP contribution in [0.3, 0.4) is 0 Å². The number of carbonyl (C=O) groups excluding carboxylic acids is 1. The third-order valence-corrected chi connectivity index (χ3v) is 7.65. The van der Waals surface area contributed by atoms with Crippen molar-refractivity contribution in [3.05, 3.63) is 87.6 Å². The molecule has 2 heterocycles. The first-order valence-corrected chi connectivity index (χ1v) is 13.4. The second-order valence-corrected chi connectivity index (χ2v) is 10.3. The number of halogens is 2. The first-order chi connectivity index (χ1) is 17.8. The standard InChI is InChI=1S/C26H27F2N5O2S2/c1-3-16-5-4-6-17(7-16)12-29-13-23(34)21(10-18-8-19(27)11-20(28)9-18)30-25(35)22-14-36-26(31-22)24-15(2)32-33-37-24/h4-9,11,14,21,23,29,34H,3,10,12-13H2,1-2H3,(H,30,35)/t21-,23-/m0/s1. The SMILES string of the molecule is CCc1cccc(CNC[C@H](O)[C@H](Cc2cc(F)cc(F)c2)NC(=O)c2csc(-c3snnc3C)n2)c1. The Kier molecular flexibility index (Phi) is 9.04. The molecule has 11 heteroatoms. The molecule has 0 radical (unpaired) electrons. The lowest BCUT2D eigenvalue weighted by Gasteiger charge is -2.24. The van der Waals surface area contributed by atoms with Gasteiger partial charge in [0.25, 0.3) is 5.91 Å². The number of thiazole rings is 1. The summed E-state index contributed by atoms with van der Waals surface area (Å²) in [5, 5.41) is 23.2. The predicted molar refractivity (Wildman–Crippen MR) is 141 cm³/mol. The summed E-state index contributed by atoms with van der Waals surface area (Å²) in [4.78, 5) is 18.2. The van der Waals surface area contributed by atoms with E-state index in [-0.39, 0.29) is 18.7 Å². The zero-order valence-corrected chi connectivity index (χ0v) is 22.0. The molecule has 7 nitrogen and oxygen atoms in total. The zero-order chi connectivity index (χ0) is 26.4. The Balaban J connectivity index is 1.46. The van der Waals surface area contributed by atoms with E-state index in [9.17, 15) is 18.7 Å². The normalized spacial score (nSPS) is 12.9. The van der Waals surface area contributed by atoms with Gasteiger partial charge >= 0.3 is 0 Å². The maximum Gasteiger partial charge on any atom is 0.271 e. The van der Waals surface area contributed by atoms with Gasteiger partial charge in [-0.05, 0) is 60.1 Å². The summed E-state index contributed by atoms with van der Waals surface area (Å²) in [6.07, 6.45) is -0.0778. The molecule has 1 amide bonds. The molecule has 0 saturated heterocycles. The second-order valence-electron chi connectivity index (χ2n) is 8.66. The van der Waals surface area contributed by atoms with Crippen molar-refractivity contribution in [2.24, 2.45) is 0 Å². The number of benzene rings is 2. The summed E-state index contributed by atoms with van der Waals surface area (Å²) in [6, 6.07) is 10.5. The molecule has 2 atom stereocenters. The summed E-state index contributed by atoms with van der Waals surface area (Å²) in [5.41, 5.74) is 3.51. The Morgan fingerprint density at radius 1 is 1.11 bits per heavy atom. The molecule has 0 fully saturated rings. The van der Waals surface area contributed by atoms with Crippen LogP contribution in [0.1, 0.15) is 39.8 Å². The minimum atomic E-state index is -1.03. The number of nitrogens with zero attached hydrogens (tertiary/aromatic N) is 3. The Morgan fingerprint density at radius 3 is 2.57 bits per heavy atom. The number of carbonyl (C=O) groups is 1. The van der Waals surface area contributed by atoms with Gasteiger partial charge in [0.05, 0.1) is 17.8 Å². The van der Waals surface area contributed by atoms with Crippen LogP contribution in [0.2, 0.25) is 0 Å². The van der Waals surface area contributed by atoms with Gasteiger partial charge in [0.1, 0.15) is 27.2 Å². The number of aliphatic hydroxyl groups is 1. The fraction of sp³-hybridized carbons (Fsp3) is 0.308. The number of aliphatic hydroxyl groups excluding tert-OH is 1. The van der Waals surface area contributed by atoms with E-state index in [2.05, 4.69) is 44.3 Å². The topological polar surface area (TPSA) is 100 Å². The van der Waals surface area contributed by atoms with Crippen LogP contribution in [0.4, 0.5) is 8.78 Å². The monoisotopic (exact) mass is 543 g/mol. The lowest BCUT2D eigenvalue weighted by atomic mass is 10.00. The van der Waals surface area contributed by atoms with Gasteiger partial charge in [-0.1, -0.05) is 35.7 Å². The van der Waals surface area contributed by atoms with Gasteiger partial charge in [-0.3, -0.25) is 4.79 Å². The fourth-order valence-electron chi connectivity index (χ4n) is 3.88. The van der Waals surface area contributed by atoms with Crippen molar-refractivity contribution in [1.29, 1.82) is 0 Å². The molecule has 0 spiro atoms. The fourth-order valence-corrected chi connectivity index (χ4v) is 5.47. The van der Waals surface area contributed by atoms with Crippen molar-refractivity contribution in [3.63, 3.8) is 0 Å². The van der Waals surface area contributed by atoms with Crippen molar-refractivity contribution in [3.8, 4) is 9.88 Å². The Hall–Kier alpha value is -3.12. The maximum absolute atomic E-state index is 13.8. The number of rotatable bonds is 11. The number of nitrogens with one attached hydrogen (secondary N) is 2. The highest BCUT2D eigenvalue weighted by Gasteiger charge is 2.24. The van der Waals surface area contributed by atoms with Crippen LogP contribution in [0.25, 0.3) is 9.88 Å². The summed E-state index contributed by atoms with van der Waals surface area (Å²) in [6.45, 7) is 4.58. The van der Waals surface area contributed by atoms with Crippen molar-refractivity contribution < 1.29 is 18.7 Å². The van der Waals surface area contributed by atoms with Crippen molar-refractivity contribution in [1.82, 2.24) is 25.2 Å². The van der Waals surface area contributed by atoms with Gasteiger partial charge in [-0.15, -0.1) is 16.4 Å². The summed E-state index contributed by atoms with van der Waals surface area (Å²) in [5.74, 6) is -1.93. The lowest BCUT2D eigenvalue weighted by Crippen LogP contribution is -2.48. The van der Waals surface area contributed by atoms with E-state index >= 15 is 0 Å². The third-order valence-electron chi connectivity index (χ3n) is 5.82. The van der Waals surface area contributed by atoms with Crippen molar-refractivity contribution >= 4 is 28.8 Å².